The van der Waals surface area contributed by atoms with E-state index in [1.807, 2.05) is 39.0 Å². The number of aromatic nitrogens is 1. The molecule has 0 aliphatic carbocycles. The minimum absolute atomic E-state index is 0.245. The van der Waals surface area contributed by atoms with Crippen molar-refractivity contribution >= 4 is 17.6 Å². The molecule has 0 fully saturated rings. The number of amides is 1. The first kappa shape index (κ1) is 20.6. The lowest BCUT2D eigenvalue weighted by atomic mass is 9.93. The first-order chi connectivity index (χ1) is 12.8. The first-order valence-electron chi connectivity index (χ1n) is 9.27. The van der Waals surface area contributed by atoms with Crippen LogP contribution in [-0.2, 0) is 11.2 Å². The molecule has 0 aliphatic rings. The molecule has 0 spiro atoms. The second-order valence-corrected chi connectivity index (χ2v) is 6.81. The van der Waals surface area contributed by atoms with E-state index in [0.29, 0.717) is 28.9 Å². The zero-order valence-electron chi connectivity index (χ0n) is 17.0. The first-order valence-corrected chi connectivity index (χ1v) is 9.27. The lowest BCUT2D eigenvalue weighted by Crippen LogP contribution is -2.22. The van der Waals surface area contributed by atoms with Crippen LogP contribution < -0.4 is 5.32 Å². The Morgan fingerprint density at radius 1 is 1.07 bits per heavy atom. The minimum atomic E-state index is -0.452. The van der Waals surface area contributed by atoms with Crippen molar-refractivity contribution in [1.82, 2.24) is 4.98 Å². The van der Waals surface area contributed by atoms with E-state index in [1.165, 1.54) is 7.11 Å². The summed E-state index contributed by atoms with van der Waals surface area (Å²) in [5.74, 6) is -0.697. The number of methoxy groups -OCH3 is 1. The Morgan fingerprint density at radius 3 is 2.37 bits per heavy atom. The largest absolute Gasteiger partial charge is 0.465 e. The third-order valence-electron chi connectivity index (χ3n) is 4.91. The van der Waals surface area contributed by atoms with Crippen LogP contribution in [0.15, 0.2) is 18.2 Å². The highest BCUT2D eigenvalue weighted by molar-refractivity contribution is 6.08. The van der Waals surface area contributed by atoms with Gasteiger partial charge in [0.25, 0.3) is 5.91 Å². The fraction of sp³-hybridized carbons (Fsp3) is 0.409. The lowest BCUT2D eigenvalue weighted by molar-refractivity contribution is 0.0598. The Bertz CT molecular complexity index is 872. The molecule has 0 saturated heterocycles. The summed E-state index contributed by atoms with van der Waals surface area (Å²) >= 11 is 0. The molecule has 1 heterocycles. The van der Waals surface area contributed by atoms with E-state index < -0.39 is 5.97 Å². The number of nitrogens with zero attached hydrogens (tertiary/aromatic N) is 1. The Balaban J connectivity index is 2.58. The van der Waals surface area contributed by atoms with Gasteiger partial charge >= 0.3 is 5.97 Å². The topological polar surface area (TPSA) is 68.3 Å². The van der Waals surface area contributed by atoms with Crippen molar-refractivity contribution in [2.75, 3.05) is 12.4 Å². The number of nitrogens with one attached hydrogen (secondary N) is 1. The molecule has 1 aromatic heterocycles. The number of pyridine rings is 1. The number of hydrogen-bond acceptors (Lipinski definition) is 4. The maximum absolute atomic E-state index is 13.2. The number of carbonyl (C=O) groups is 2. The maximum atomic E-state index is 13.2. The highest BCUT2D eigenvalue weighted by Gasteiger charge is 2.25. The van der Waals surface area contributed by atoms with Gasteiger partial charge in [0.05, 0.1) is 29.6 Å². The van der Waals surface area contributed by atoms with Gasteiger partial charge in [0, 0.05) is 5.69 Å². The third kappa shape index (κ3) is 4.35. The van der Waals surface area contributed by atoms with Crippen molar-refractivity contribution in [3.63, 3.8) is 0 Å². The molecule has 0 aliphatic heterocycles. The second kappa shape index (κ2) is 8.80. The number of carbonyl (C=O) groups excluding carboxylic acids is 2. The molecular weight excluding hydrogens is 340 g/mol. The van der Waals surface area contributed by atoms with Crippen LogP contribution in [0, 0.1) is 27.7 Å². The molecule has 144 valence electrons. The second-order valence-electron chi connectivity index (χ2n) is 6.81. The van der Waals surface area contributed by atoms with Crippen molar-refractivity contribution in [2.45, 2.75) is 53.9 Å². The molecule has 1 N–H and O–H groups in total. The van der Waals surface area contributed by atoms with Crippen molar-refractivity contribution in [3.8, 4) is 0 Å². The van der Waals surface area contributed by atoms with E-state index in [-0.39, 0.29) is 5.91 Å². The normalized spacial score (nSPS) is 10.6. The Hall–Kier alpha value is -2.69. The molecular formula is C22H28N2O3. The summed E-state index contributed by atoms with van der Waals surface area (Å²) in [7, 11) is 1.35. The van der Waals surface area contributed by atoms with Gasteiger partial charge in [0.2, 0.25) is 0 Å². The van der Waals surface area contributed by atoms with Crippen molar-refractivity contribution in [2.24, 2.45) is 0 Å². The summed E-state index contributed by atoms with van der Waals surface area (Å²) in [6.07, 6.45) is 2.45. The molecule has 1 amide bonds. The minimum Gasteiger partial charge on any atom is -0.465 e. The van der Waals surface area contributed by atoms with Crippen molar-refractivity contribution in [1.29, 1.82) is 0 Å². The van der Waals surface area contributed by atoms with Gasteiger partial charge in [0.15, 0.2) is 0 Å². The zero-order chi connectivity index (χ0) is 20.1. The maximum Gasteiger partial charge on any atom is 0.340 e. The van der Waals surface area contributed by atoms with Crippen LogP contribution in [0.4, 0.5) is 5.69 Å². The highest BCUT2D eigenvalue weighted by atomic mass is 16.5. The smallest absolute Gasteiger partial charge is 0.340 e. The number of hydrogen-bond donors (Lipinski definition) is 1. The molecule has 0 saturated carbocycles. The molecule has 5 heteroatoms. The van der Waals surface area contributed by atoms with Crippen molar-refractivity contribution in [3.05, 3.63) is 57.4 Å². The van der Waals surface area contributed by atoms with E-state index in [9.17, 15) is 9.59 Å². The molecule has 0 unspecified atom stereocenters. The van der Waals surface area contributed by atoms with E-state index in [1.54, 1.807) is 6.92 Å². The Morgan fingerprint density at radius 2 is 1.74 bits per heavy atom. The number of esters is 1. The van der Waals surface area contributed by atoms with Crippen LogP contribution in [0.1, 0.15) is 68.6 Å². The molecule has 0 atom stereocenters. The molecule has 1 aromatic carbocycles. The molecule has 0 bridgehead atoms. The summed E-state index contributed by atoms with van der Waals surface area (Å²) < 4.78 is 4.95. The van der Waals surface area contributed by atoms with Gasteiger partial charge in [-0.2, -0.15) is 0 Å². The quantitative estimate of drug-likeness (QED) is 0.751. The number of rotatable bonds is 6. The molecule has 5 nitrogen and oxygen atoms in total. The van der Waals surface area contributed by atoms with E-state index in [2.05, 4.69) is 17.2 Å². The summed E-state index contributed by atoms with van der Waals surface area (Å²) in [4.78, 5) is 30.0. The van der Waals surface area contributed by atoms with Gasteiger partial charge in [-0.3, -0.25) is 9.78 Å². The van der Waals surface area contributed by atoms with E-state index in [0.717, 1.165) is 35.2 Å². The van der Waals surface area contributed by atoms with Gasteiger partial charge in [-0.25, -0.2) is 4.79 Å². The summed E-state index contributed by atoms with van der Waals surface area (Å²) in [6, 6.07) is 5.80. The monoisotopic (exact) mass is 368 g/mol. The molecule has 2 rings (SSSR count). The van der Waals surface area contributed by atoms with Crippen LogP contribution in [0.3, 0.4) is 0 Å². The average Bonchev–Trinajstić information content (AvgIpc) is 2.62. The fourth-order valence-electron chi connectivity index (χ4n) is 3.27. The van der Waals surface area contributed by atoms with Gasteiger partial charge in [0.1, 0.15) is 0 Å². The van der Waals surface area contributed by atoms with Crippen LogP contribution in [0.25, 0.3) is 0 Å². The Kier molecular flexibility index (Phi) is 6.72. The molecule has 2 aromatic rings. The summed E-state index contributed by atoms with van der Waals surface area (Å²) in [6.45, 7) is 9.64. The third-order valence-corrected chi connectivity index (χ3v) is 4.91. The molecule has 27 heavy (non-hydrogen) atoms. The standard InChI is InChI=1S/C22H28N2O3/c1-7-8-11-17-19(15(4)23-16(5)20(17)22(26)27-6)21(25)24-18-12-9-10-13(2)14(18)3/h9-10,12H,7-8,11H2,1-6H3,(H,24,25). The van der Waals surface area contributed by atoms with E-state index >= 15 is 0 Å². The SMILES string of the molecule is CCCCc1c(C(=O)Nc2cccc(C)c2C)c(C)nc(C)c1C(=O)OC. The predicted octanol–water partition coefficient (Wildman–Crippen LogP) is 4.70. The summed E-state index contributed by atoms with van der Waals surface area (Å²) in [5.41, 5.74) is 5.69. The van der Waals surface area contributed by atoms with Gasteiger partial charge < -0.3 is 10.1 Å². The zero-order valence-corrected chi connectivity index (χ0v) is 17.0. The van der Waals surface area contributed by atoms with Crippen LogP contribution in [0.2, 0.25) is 0 Å². The highest BCUT2D eigenvalue weighted by Crippen LogP contribution is 2.26. The predicted molar refractivity (Wildman–Crippen MR) is 108 cm³/mol. The number of anilines is 1. The number of ether oxygens (including phenoxy) is 1. The number of benzene rings is 1. The Labute approximate surface area is 161 Å². The van der Waals surface area contributed by atoms with Crippen molar-refractivity contribution < 1.29 is 14.3 Å². The summed E-state index contributed by atoms with van der Waals surface area (Å²) in [5, 5.41) is 3.00. The lowest BCUT2D eigenvalue weighted by Gasteiger charge is -2.18. The van der Waals surface area contributed by atoms with Gasteiger partial charge in [-0.15, -0.1) is 0 Å². The number of aryl methyl sites for hydroxylation is 3. The average molecular weight is 368 g/mol. The van der Waals surface area contributed by atoms with Crippen LogP contribution >= 0.6 is 0 Å². The molecule has 0 radical (unpaired) electrons. The van der Waals surface area contributed by atoms with Gasteiger partial charge in [-0.1, -0.05) is 25.5 Å². The number of unbranched alkanes of at least 4 members (excludes halogenated alkanes) is 1. The fourth-order valence-corrected chi connectivity index (χ4v) is 3.27. The van der Waals surface area contributed by atoms with Gasteiger partial charge in [-0.05, 0) is 63.3 Å². The van der Waals surface area contributed by atoms with E-state index in [4.69, 9.17) is 4.74 Å². The van der Waals surface area contributed by atoms with Crippen LogP contribution in [-0.4, -0.2) is 24.0 Å². The van der Waals surface area contributed by atoms with Crippen LogP contribution in [0.5, 0.6) is 0 Å².